The molecule has 3 aliphatic rings. The molecule has 2 unspecified atom stereocenters. The van der Waals surface area contributed by atoms with Gasteiger partial charge in [0.05, 0.1) is 6.61 Å². The van der Waals surface area contributed by atoms with E-state index >= 15 is 0 Å². The van der Waals surface area contributed by atoms with Crippen molar-refractivity contribution in [2.45, 2.75) is 53.0 Å². The van der Waals surface area contributed by atoms with Crippen molar-refractivity contribution >= 4 is 11.8 Å². The molecule has 7 heteroatoms. The molecular formula is C30H43N3O4. The minimum absolute atomic E-state index is 0.0384. The summed E-state index contributed by atoms with van der Waals surface area (Å²) in [6.07, 6.45) is 8.15. The fraction of sp³-hybridized carbons (Fsp3) is 0.600. The molecule has 1 aliphatic carbocycles. The number of carbonyl (C=O) groups is 2. The summed E-state index contributed by atoms with van der Waals surface area (Å²) in [7, 11) is 0. The molecule has 2 saturated heterocycles. The summed E-state index contributed by atoms with van der Waals surface area (Å²) in [4.78, 5) is 31.4. The van der Waals surface area contributed by atoms with Crippen molar-refractivity contribution in [3.63, 3.8) is 0 Å². The highest BCUT2D eigenvalue weighted by molar-refractivity contribution is 5.95. The van der Waals surface area contributed by atoms with Crippen molar-refractivity contribution < 1.29 is 19.4 Å². The van der Waals surface area contributed by atoms with E-state index in [0.29, 0.717) is 50.4 Å². The fourth-order valence-corrected chi connectivity index (χ4v) is 5.60. The number of rotatable bonds is 8. The van der Waals surface area contributed by atoms with Gasteiger partial charge in [0.2, 0.25) is 11.8 Å². The average molecular weight is 510 g/mol. The molecule has 1 aromatic rings. The normalized spacial score (nSPS) is 22.3. The van der Waals surface area contributed by atoms with E-state index in [1.807, 2.05) is 34.1 Å². The molecule has 0 radical (unpaired) electrons. The van der Waals surface area contributed by atoms with E-state index < -0.39 is 0 Å². The molecule has 4 rings (SSSR count). The molecule has 37 heavy (non-hydrogen) atoms. The molecule has 0 bridgehead atoms. The standard InChI is InChI=1S/C30H43N3O4/c1-21(2)20-37-28-17-23(9-10-27(28)35)11-12-30(4,5)33-18-24-7-6-8-25(26(24)19-33)29(36)32-15-13-31(14-16-32)22(3)34/h6-10,17,21,24,26,35H,11-16,18-20H2,1-5H3. The molecule has 202 valence electrons. The van der Waals surface area contributed by atoms with Gasteiger partial charge >= 0.3 is 0 Å². The first-order chi connectivity index (χ1) is 17.5. The summed E-state index contributed by atoms with van der Waals surface area (Å²) in [5.74, 6) is 1.88. The minimum Gasteiger partial charge on any atom is -0.504 e. The lowest BCUT2D eigenvalue weighted by Gasteiger charge is -2.37. The zero-order valence-corrected chi connectivity index (χ0v) is 23.1. The van der Waals surface area contributed by atoms with E-state index in [1.54, 1.807) is 13.0 Å². The molecule has 1 N–H and O–H groups in total. The van der Waals surface area contributed by atoms with Crippen LogP contribution in [0, 0.1) is 17.8 Å². The van der Waals surface area contributed by atoms with Gasteiger partial charge in [-0.2, -0.15) is 0 Å². The number of amides is 2. The van der Waals surface area contributed by atoms with Gasteiger partial charge in [0.15, 0.2) is 11.5 Å². The number of nitrogens with zero attached hydrogens (tertiary/aromatic N) is 3. The van der Waals surface area contributed by atoms with Crippen LogP contribution < -0.4 is 4.74 Å². The highest BCUT2D eigenvalue weighted by Gasteiger charge is 2.43. The number of carbonyl (C=O) groups excluding carboxylic acids is 2. The van der Waals surface area contributed by atoms with Gasteiger partial charge in [-0.1, -0.05) is 38.1 Å². The zero-order valence-electron chi connectivity index (χ0n) is 23.1. The van der Waals surface area contributed by atoms with Gasteiger partial charge in [0.25, 0.3) is 0 Å². The van der Waals surface area contributed by atoms with Crippen LogP contribution in [-0.4, -0.2) is 83.0 Å². The van der Waals surface area contributed by atoms with Gasteiger partial charge in [-0.05, 0) is 56.2 Å². The van der Waals surface area contributed by atoms with Crippen LogP contribution in [0.1, 0.15) is 46.6 Å². The maximum absolute atomic E-state index is 13.5. The zero-order chi connectivity index (χ0) is 26.7. The van der Waals surface area contributed by atoms with E-state index in [9.17, 15) is 14.7 Å². The van der Waals surface area contributed by atoms with Gasteiger partial charge in [-0.15, -0.1) is 0 Å². The number of aryl methyl sites for hydroxylation is 1. The second-order valence-corrected chi connectivity index (χ2v) is 11.8. The van der Waals surface area contributed by atoms with E-state index in [-0.39, 0.29) is 29.0 Å². The highest BCUT2D eigenvalue weighted by atomic mass is 16.5. The van der Waals surface area contributed by atoms with E-state index in [0.717, 1.165) is 37.1 Å². The van der Waals surface area contributed by atoms with Crippen molar-refractivity contribution in [2.75, 3.05) is 45.9 Å². The van der Waals surface area contributed by atoms with Crippen molar-refractivity contribution in [2.24, 2.45) is 17.8 Å². The number of fused-ring (bicyclic) bond motifs is 1. The Bertz CT molecular complexity index is 1050. The topological polar surface area (TPSA) is 73.3 Å². The van der Waals surface area contributed by atoms with Crippen LogP contribution in [0.3, 0.4) is 0 Å². The molecule has 2 fully saturated rings. The second kappa shape index (κ2) is 11.3. The Morgan fingerprint density at radius 3 is 2.49 bits per heavy atom. The van der Waals surface area contributed by atoms with Crippen LogP contribution in [0.2, 0.25) is 0 Å². The number of hydrogen-bond acceptors (Lipinski definition) is 5. The molecule has 0 spiro atoms. The summed E-state index contributed by atoms with van der Waals surface area (Å²) >= 11 is 0. The van der Waals surface area contributed by atoms with Crippen LogP contribution in [0.4, 0.5) is 0 Å². The lowest BCUT2D eigenvalue weighted by molar-refractivity contribution is -0.136. The van der Waals surface area contributed by atoms with Gasteiger partial charge in [-0.25, -0.2) is 0 Å². The number of aromatic hydroxyl groups is 1. The van der Waals surface area contributed by atoms with Crippen molar-refractivity contribution in [1.82, 2.24) is 14.7 Å². The smallest absolute Gasteiger partial charge is 0.250 e. The Hall–Kier alpha value is -2.80. The van der Waals surface area contributed by atoms with E-state index in [2.05, 4.69) is 38.7 Å². The van der Waals surface area contributed by atoms with Gasteiger partial charge in [-0.3, -0.25) is 14.5 Å². The number of phenolic OH excluding ortho intramolecular Hbond substituents is 1. The highest BCUT2D eigenvalue weighted by Crippen LogP contribution is 2.39. The number of hydrogen-bond donors (Lipinski definition) is 1. The Labute approximate surface area is 221 Å². The van der Waals surface area contributed by atoms with Gasteiger partial charge in [0.1, 0.15) is 0 Å². The van der Waals surface area contributed by atoms with Crippen LogP contribution in [0.15, 0.2) is 42.0 Å². The Morgan fingerprint density at radius 2 is 1.81 bits per heavy atom. The molecule has 1 aromatic carbocycles. The molecule has 0 aromatic heterocycles. The number of phenols is 1. The van der Waals surface area contributed by atoms with Crippen LogP contribution in [0.5, 0.6) is 11.5 Å². The Morgan fingerprint density at radius 1 is 1.11 bits per heavy atom. The Kier molecular flexibility index (Phi) is 8.32. The predicted molar refractivity (Wildman–Crippen MR) is 145 cm³/mol. The molecule has 2 atom stereocenters. The number of allylic oxidation sites excluding steroid dienone is 2. The molecular weight excluding hydrogens is 466 g/mol. The SMILES string of the molecule is CC(=O)N1CCN(C(=O)C2=CC=CC3CN(C(C)(C)CCc4ccc(O)c(OCC(C)C)c4)CC23)CC1. The monoisotopic (exact) mass is 509 g/mol. The molecule has 2 heterocycles. The summed E-state index contributed by atoms with van der Waals surface area (Å²) in [5.41, 5.74) is 2.03. The Balaban J connectivity index is 1.37. The average Bonchev–Trinajstić information content (AvgIpc) is 3.33. The molecule has 2 amide bonds. The molecule has 7 nitrogen and oxygen atoms in total. The quantitative estimate of drug-likeness (QED) is 0.576. The van der Waals surface area contributed by atoms with Gasteiger partial charge < -0.3 is 19.6 Å². The maximum Gasteiger partial charge on any atom is 0.250 e. The molecule has 0 saturated carbocycles. The summed E-state index contributed by atoms with van der Waals surface area (Å²) < 4.78 is 5.81. The third kappa shape index (κ3) is 6.38. The third-order valence-corrected chi connectivity index (χ3v) is 8.14. The van der Waals surface area contributed by atoms with Crippen molar-refractivity contribution in [3.8, 4) is 11.5 Å². The largest absolute Gasteiger partial charge is 0.504 e. The summed E-state index contributed by atoms with van der Waals surface area (Å²) in [6.45, 7) is 15.2. The van der Waals surface area contributed by atoms with Crippen molar-refractivity contribution in [3.05, 3.63) is 47.6 Å². The number of benzene rings is 1. The molecule has 2 aliphatic heterocycles. The fourth-order valence-electron chi connectivity index (χ4n) is 5.60. The van der Waals surface area contributed by atoms with Crippen molar-refractivity contribution in [1.29, 1.82) is 0 Å². The van der Waals surface area contributed by atoms with Crippen LogP contribution in [-0.2, 0) is 16.0 Å². The second-order valence-electron chi connectivity index (χ2n) is 11.8. The summed E-state index contributed by atoms with van der Waals surface area (Å²) in [5, 5.41) is 10.2. The first-order valence-electron chi connectivity index (χ1n) is 13.7. The van der Waals surface area contributed by atoms with Crippen LogP contribution >= 0.6 is 0 Å². The van der Waals surface area contributed by atoms with E-state index in [1.165, 1.54) is 0 Å². The minimum atomic E-state index is -0.0384. The number of piperazine rings is 1. The number of ether oxygens (including phenoxy) is 1. The lowest BCUT2D eigenvalue weighted by atomic mass is 9.84. The summed E-state index contributed by atoms with van der Waals surface area (Å²) in [6, 6.07) is 5.67. The maximum atomic E-state index is 13.5. The predicted octanol–water partition coefficient (Wildman–Crippen LogP) is 3.87. The lowest BCUT2D eigenvalue weighted by Crippen LogP contribution is -2.51. The van der Waals surface area contributed by atoms with Crippen LogP contribution in [0.25, 0.3) is 0 Å². The third-order valence-electron chi connectivity index (χ3n) is 8.14. The van der Waals surface area contributed by atoms with Gasteiger partial charge in [0, 0.05) is 63.2 Å². The first-order valence-corrected chi connectivity index (χ1v) is 13.7. The number of likely N-dealkylation sites (tertiary alicyclic amines) is 1. The van der Waals surface area contributed by atoms with E-state index in [4.69, 9.17) is 4.74 Å². The first kappa shape index (κ1) is 27.2.